The summed E-state index contributed by atoms with van der Waals surface area (Å²) in [5.41, 5.74) is 1.93. The van der Waals surface area contributed by atoms with Crippen LogP contribution in [0.4, 0.5) is 0 Å². The Morgan fingerprint density at radius 2 is 2.09 bits per heavy atom. The van der Waals surface area contributed by atoms with Gasteiger partial charge in [0.15, 0.2) is 0 Å². The Morgan fingerprint density at radius 3 is 2.70 bits per heavy atom. The zero-order chi connectivity index (χ0) is 16.4. The number of benzene rings is 1. The van der Waals surface area contributed by atoms with E-state index in [0.29, 0.717) is 6.54 Å². The van der Waals surface area contributed by atoms with Crippen LogP contribution < -0.4 is 5.32 Å². The molecule has 0 aliphatic carbocycles. The van der Waals surface area contributed by atoms with E-state index < -0.39 is 16.0 Å². The Bertz CT molecular complexity index is 785. The lowest BCUT2D eigenvalue weighted by Crippen LogP contribution is -2.25. The lowest BCUT2D eigenvalue weighted by Gasteiger charge is -2.17. The molecule has 1 saturated heterocycles. The van der Waals surface area contributed by atoms with Gasteiger partial charge in [-0.3, -0.25) is 8.98 Å². The Balaban J connectivity index is 1.78. The first-order valence-electron chi connectivity index (χ1n) is 7.14. The van der Waals surface area contributed by atoms with Gasteiger partial charge in [-0.1, -0.05) is 12.1 Å². The van der Waals surface area contributed by atoms with Crippen molar-refractivity contribution >= 4 is 16.0 Å². The molecule has 8 heteroatoms. The summed E-state index contributed by atoms with van der Waals surface area (Å²) in [5, 5.41) is 2.77. The normalized spacial score (nSPS) is 21.3. The highest BCUT2D eigenvalue weighted by Crippen LogP contribution is 2.30. The molecule has 2 unspecified atom stereocenters. The Hall–Kier alpha value is -2.19. The van der Waals surface area contributed by atoms with Crippen LogP contribution in [0, 0.1) is 5.92 Å². The van der Waals surface area contributed by atoms with Crippen molar-refractivity contribution in [3.05, 3.63) is 48.5 Å². The van der Waals surface area contributed by atoms with Crippen molar-refractivity contribution in [2.75, 3.05) is 19.4 Å². The van der Waals surface area contributed by atoms with Gasteiger partial charge in [0, 0.05) is 30.5 Å². The van der Waals surface area contributed by atoms with Crippen molar-refractivity contribution in [1.82, 2.24) is 14.9 Å². The van der Waals surface area contributed by atoms with Gasteiger partial charge in [0.05, 0.1) is 25.1 Å². The maximum atomic E-state index is 11.9. The van der Waals surface area contributed by atoms with Crippen molar-refractivity contribution in [3.8, 4) is 5.69 Å². The number of imidazole rings is 1. The molecular formula is C15H17N3O4S. The standard InChI is InChI=1S/C15H17N3O4S/c1-23(20,21)22-9-14-13(8-17-15(14)19)11-2-4-12(5-3-11)18-7-6-16-10-18/h2-7,10,13-14H,8-9H2,1H3,(H,17,19). The van der Waals surface area contributed by atoms with Crippen LogP contribution in [0.2, 0.25) is 0 Å². The maximum absolute atomic E-state index is 11.9. The maximum Gasteiger partial charge on any atom is 0.264 e. The van der Waals surface area contributed by atoms with Crippen LogP contribution in [0.25, 0.3) is 5.69 Å². The minimum Gasteiger partial charge on any atom is -0.355 e. The van der Waals surface area contributed by atoms with Crippen LogP contribution in [0.5, 0.6) is 0 Å². The number of carbonyl (C=O) groups is 1. The fourth-order valence-electron chi connectivity index (χ4n) is 2.71. The van der Waals surface area contributed by atoms with Gasteiger partial charge in [0.2, 0.25) is 5.91 Å². The van der Waals surface area contributed by atoms with Gasteiger partial charge in [-0.2, -0.15) is 8.42 Å². The molecule has 0 spiro atoms. The Kier molecular flexibility index (Phi) is 4.18. The summed E-state index contributed by atoms with van der Waals surface area (Å²) < 4.78 is 29.0. The van der Waals surface area contributed by atoms with E-state index in [4.69, 9.17) is 4.18 Å². The molecule has 1 amide bonds. The molecule has 7 nitrogen and oxygen atoms in total. The molecule has 2 atom stereocenters. The lowest BCUT2D eigenvalue weighted by atomic mass is 9.89. The first-order chi connectivity index (χ1) is 10.9. The Morgan fingerprint density at radius 1 is 1.35 bits per heavy atom. The van der Waals surface area contributed by atoms with Gasteiger partial charge < -0.3 is 9.88 Å². The molecule has 1 aromatic heterocycles. The number of hydrogen-bond acceptors (Lipinski definition) is 5. The molecule has 1 fully saturated rings. The zero-order valence-electron chi connectivity index (χ0n) is 12.5. The largest absolute Gasteiger partial charge is 0.355 e. The predicted molar refractivity (Wildman–Crippen MR) is 83.6 cm³/mol. The molecule has 2 aromatic rings. The van der Waals surface area contributed by atoms with Gasteiger partial charge in [0.1, 0.15) is 0 Å². The second-order valence-corrected chi connectivity index (χ2v) is 7.15. The summed E-state index contributed by atoms with van der Waals surface area (Å²) in [5.74, 6) is -0.803. The summed E-state index contributed by atoms with van der Waals surface area (Å²) in [7, 11) is -3.57. The van der Waals surface area contributed by atoms with Crippen LogP contribution in [0.15, 0.2) is 43.0 Å². The van der Waals surface area contributed by atoms with E-state index in [1.54, 1.807) is 12.5 Å². The number of aromatic nitrogens is 2. The van der Waals surface area contributed by atoms with Gasteiger partial charge in [0.25, 0.3) is 10.1 Å². The number of nitrogens with one attached hydrogen (secondary N) is 1. The molecule has 1 aromatic carbocycles. The number of nitrogens with zero attached hydrogens (tertiary/aromatic N) is 2. The van der Waals surface area contributed by atoms with E-state index in [9.17, 15) is 13.2 Å². The highest BCUT2D eigenvalue weighted by molar-refractivity contribution is 7.85. The SMILES string of the molecule is CS(=O)(=O)OCC1C(=O)NCC1c1ccc(-n2ccnc2)cc1. The van der Waals surface area contributed by atoms with Crippen molar-refractivity contribution in [2.24, 2.45) is 5.92 Å². The monoisotopic (exact) mass is 335 g/mol. The average Bonchev–Trinajstić information content (AvgIpc) is 3.14. The van der Waals surface area contributed by atoms with Crippen LogP contribution >= 0.6 is 0 Å². The van der Waals surface area contributed by atoms with Crippen molar-refractivity contribution < 1.29 is 17.4 Å². The molecule has 23 heavy (non-hydrogen) atoms. The van der Waals surface area contributed by atoms with E-state index in [1.165, 1.54) is 0 Å². The fourth-order valence-corrected chi connectivity index (χ4v) is 3.10. The first-order valence-corrected chi connectivity index (χ1v) is 8.96. The topological polar surface area (TPSA) is 90.3 Å². The molecule has 3 rings (SSSR count). The van der Waals surface area contributed by atoms with Gasteiger partial charge in [-0.25, -0.2) is 4.98 Å². The molecule has 2 heterocycles. The summed E-state index contributed by atoms with van der Waals surface area (Å²) in [6, 6.07) is 7.75. The van der Waals surface area contributed by atoms with Crippen molar-refractivity contribution in [1.29, 1.82) is 0 Å². The number of carbonyl (C=O) groups excluding carboxylic acids is 1. The third-order valence-electron chi connectivity index (χ3n) is 3.90. The summed E-state index contributed by atoms with van der Waals surface area (Å²) in [6.45, 7) is 0.333. The van der Waals surface area contributed by atoms with Crippen LogP contribution in [0.1, 0.15) is 11.5 Å². The second-order valence-electron chi connectivity index (χ2n) is 5.51. The predicted octanol–water partition coefficient (Wildman–Crippen LogP) is 0.678. The first kappa shape index (κ1) is 15.7. The number of hydrogen-bond donors (Lipinski definition) is 1. The molecule has 1 N–H and O–H groups in total. The number of rotatable bonds is 5. The van der Waals surface area contributed by atoms with E-state index in [2.05, 4.69) is 10.3 Å². The van der Waals surface area contributed by atoms with Crippen molar-refractivity contribution in [3.63, 3.8) is 0 Å². The number of amides is 1. The summed E-state index contributed by atoms with van der Waals surface area (Å²) in [4.78, 5) is 15.9. The molecule has 1 aliphatic rings. The van der Waals surface area contributed by atoms with Gasteiger partial charge in [-0.15, -0.1) is 0 Å². The Labute approximate surface area is 134 Å². The van der Waals surface area contributed by atoms with E-state index >= 15 is 0 Å². The molecular weight excluding hydrogens is 318 g/mol. The highest BCUT2D eigenvalue weighted by atomic mass is 32.2. The fraction of sp³-hybridized carbons (Fsp3) is 0.333. The van der Waals surface area contributed by atoms with Crippen LogP contribution in [-0.4, -0.2) is 43.3 Å². The average molecular weight is 335 g/mol. The zero-order valence-corrected chi connectivity index (χ0v) is 13.4. The third-order valence-corrected chi connectivity index (χ3v) is 4.47. The lowest BCUT2D eigenvalue weighted by molar-refractivity contribution is -0.123. The minimum atomic E-state index is -3.57. The molecule has 0 bridgehead atoms. The minimum absolute atomic E-state index is 0.110. The third kappa shape index (κ3) is 3.59. The quantitative estimate of drug-likeness (QED) is 0.812. The van der Waals surface area contributed by atoms with Crippen LogP contribution in [0.3, 0.4) is 0 Å². The summed E-state index contributed by atoms with van der Waals surface area (Å²) >= 11 is 0. The molecule has 122 valence electrons. The van der Waals surface area contributed by atoms with Crippen molar-refractivity contribution in [2.45, 2.75) is 5.92 Å². The van der Waals surface area contributed by atoms with Gasteiger partial charge >= 0.3 is 0 Å². The van der Waals surface area contributed by atoms with E-state index in [0.717, 1.165) is 17.5 Å². The second kappa shape index (κ2) is 6.13. The van der Waals surface area contributed by atoms with E-state index in [1.807, 2.05) is 35.0 Å². The summed E-state index contributed by atoms with van der Waals surface area (Å²) in [6.07, 6.45) is 6.23. The molecule has 0 radical (unpaired) electrons. The molecule has 0 saturated carbocycles. The van der Waals surface area contributed by atoms with Crippen LogP contribution in [-0.2, 0) is 19.1 Å². The highest BCUT2D eigenvalue weighted by Gasteiger charge is 2.36. The smallest absolute Gasteiger partial charge is 0.264 e. The molecule has 1 aliphatic heterocycles. The van der Waals surface area contributed by atoms with E-state index in [-0.39, 0.29) is 18.4 Å². The van der Waals surface area contributed by atoms with Gasteiger partial charge in [-0.05, 0) is 17.7 Å².